The van der Waals surface area contributed by atoms with Gasteiger partial charge in [-0.25, -0.2) is 4.98 Å². The molecule has 4 nitrogen and oxygen atoms in total. The maximum Gasteiger partial charge on any atom is 0.149 e. The number of fused-ring (bicyclic) bond motifs is 1. The number of hydrogen-bond donors (Lipinski definition) is 1. The summed E-state index contributed by atoms with van der Waals surface area (Å²) in [5.41, 5.74) is 18.0. The Morgan fingerprint density at radius 1 is 0.500 bits per heavy atom. The first kappa shape index (κ1) is 44.7. The molecule has 70 heavy (non-hydrogen) atoms. The highest BCUT2D eigenvalue weighted by molar-refractivity contribution is 5.97. The molecule has 0 bridgehead atoms. The first-order valence-corrected chi connectivity index (χ1v) is 24.9. The van der Waals surface area contributed by atoms with Crippen LogP contribution in [-0.4, -0.2) is 19.6 Å². The molecule has 8 aromatic carbocycles. The molecule has 0 amide bonds. The molecule has 1 aliphatic carbocycles. The Kier molecular flexibility index (Phi) is 11.9. The van der Waals surface area contributed by atoms with E-state index in [1.165, 1.54) is 53.5 Å². The van der Waals surface area contributed by atoms with Crippen LogP contribution in [0.4, 0.5) is 0 Å². The van der Waals surface area contributed by atoms with Gasteiger partial charge in [0.05, 0.1) is 28.0 Å². The standard InChI is InChI=1S/C66H59N3O/c1-65(2,3)55-42-50(41-51(43-55)59-44-49(37-38-67-59)47-32-34-54(35-33-47)66(4,52-23-10-6-11-24-52)53-25-12-7-13-26-53)56-28-18-29-61-63(56)68-64(57-27-16-17-30-62(57)70)69(61)60-36-31-46(39-45-19-14-15-20-45)40-58(60)48-21-8-5-9-22-48/h5-13,16-18,21-38,40-45,70H,14-15,19-20,39H2,1-4H3. The van der Waals surface area contributed by atoms with E-state index in [0.29, 0.717) is 11.4 Å². The highest BCUT2D eigenvalue weighted by Crippen LogP contribution is 2.43. The summed E-state index contributed by atoms with van der Waals surface area (Å²) in [6.07, 6.45) is 8.26. The second kappa shape index (κ2) is 18.6. The van der Waals surface area contributed by atoms with Crippen LogP contribution in [0.1, 0.15) is 81.2 Å². The summed E-state index contributed by atoms with van der Waals surface area (Å²) >= 11 is 0. The van der Waals surface area contributed by atoms with Gasteiger partial charge in [-0.15, -0.1) is 0 Å². The van der Waals surface area contributed by atoms with Crippen molar-refractivity contribution in [2.24, 2.45) is 5.92 Å². The fourth-order valence-corrected chi connectivity index (χ4v) is 10.9. The lowest BCUT2D eigenvalue weighted by atomic mass is 9.71. The Labute approximate surface area is 413 Å². The summed E-state index contributed by atoms with van der Waals surface area (Å²) in [6.45, 7) is 9.14. The minimum atomic E-state index is -0.321. The van der Waals surface area contributed by atoms with Crippen molar-refractivity contribution in [1.29, 1.82) is 0 Å². The van der Waals surface area contributed by atoms with Crippen LogP contribution < -0.4 is 0 Å². The molecule has 0 aliphatic heterocycles. The number of pyridine rings is 1. The summed E-state index contributed by atoms with van der Waals surface area (Å²) in [7, 11) is 0. The number of para-hydroxylation sites is 2. The predicted octanol–water partition coefficient (Wildman–Crippen LogP) is 16.8. The van der Waals surface area contributed by atoms with E-state index in [0.717, 1.165) is 73.7 Å². The van der Waals surface area contributed by atoms with Crippen molar-refractivity contribution in [2.75, 3.05) is 0 Å². The van der Waals surface area contributed by atoms with Gasteiger partial charge in [0, 0.05) is 28.3 Å². The Morgan fingerprint density at radius 2 is 1.13 bits per heavy atom. The molecule has 0 atom stereocenters. The SMILES string of the molecule is CC(C)(C)c1cc(-c2cc(-c3ccc(C(C)(c4ccccc4)c4ccccc4)cc3)ccn2)cc(-c2cccc3c2nc(-c2ccccc2O)n3-c2ccc(CC3CCCC3)cc2-c2ccccc2)c1. The first-order valence-electron chi connectivity index (χ1n) is 24.9. The zero-order valence-corrected chi connectivity index (χ0v) is 40.6. The number of nitrogens with zero attached hydrogens (tertiary/aromatic N) is 3. The molecule has 1 aliphatic rings. The lowest BCUT2D eigenvalue weighted by Crippen LogP contribution is -2.25. The molecule has 1 saturated carbocycles. The maximum absolute atomic E-state index is 11.5. The van der Waals surface area contributed by atoms with Crippen LogP contribution >= 0.6 is 0 Å². The Morgan fingerprint density at radius 3 is 1.81 bits per heavy atom. The second-order valence-electron chi connectivity index (χ2n) is 20.4. The summed E-state index contributed by atoms with van der Waals surface area (Å²) in [4.78, 5) is 10.6. The number of imidazole rings is 1. The summed E-state index contributed by atoms with van der Waals surface area (Å²) < 4.78 is 2.27. The summed E-state index contributed by atoms with van der Waals surface area (Å²) in [5.74, 6) is 1.61. The molecule has 10 aromatic rings. The molecule has 1 N–H and O–H groups in total. The largest absolute Gasteiger partial charge is 0.507 e. The predicted molar refractivity (Wildman–Crippen MR) is 291 cm³/mol. The number of aromatic nitrogens is 3. The average Bonchev–Trinajstić information content (AvgIpc) is 4.07. The van der Waals surface area contributed by atoms with E-state index in [1.54, 1.807) is 6.07 Å². The molecule has 0 radical (unpaired) electrons. The molecular weight excluding hydrogens is 851 g/mol. The highest BCUT2D eigenvalue weighted by atomic mass is 16.3. The van der Waals surface area contributed by atoms with Crippen LogP contribution in [0, 0.1) is 5.92 Å². The van der Waals surface area contributed by atoms with Crippen LogP contribution in [0.2, 0.25) is 0 Å². The Hall–Kier alpha value is -7.82. The molecule has 2 aromatic heterocycles. The quantitative estimate of drug-likeness (QED) is 0.132. The number of rotatable bonds is 11. The molecule has 1 fully saturated rings. The van der Waals surface area contributed by atoms with Crippen LogP contribution in [0.25, 0.3) is 72.7 Å². The van der Waals surface area contributed by atoms with Gasteiger partial charge >= 0.3 is 0 Å². The lowest BCUT2D eigenvalue weighted by Gasteiger charge is -2.32. The molecular formula is C66H59N3O. The van der Waals surface area contributed by atoms with E-state index in [9.17, 15) is 5.11 Å². The second-order valence-corrected chi connectivity index (χ2v) is 20.4. The monoisotopic (exact) mass is 909 g/mol. The fraction of sp³-hybridized carbons (Fsp3) is 0.182. The van der Waals surface area contributed by atoms with Gasteiger partial charge in [-0.05, 0) is 129 Å². The van der Waals surface area contributed by atoms with Crippen molar-refractivity contribution in [3.8, 4) is 67.5 Å². The van der Waals surface area contributed by atoms with Gasteiger partial charge < -0.3 is 5.11 Å². The zero-order chi connectivity index (χ0) is 47.8. The van der Waals surface area contributed by atoms with Gasteiger partial charge in [0.25, 0.3) is 0 Å². The normalized spacial score (nSPS) is 13.3. The highest BCUT2D eigenvalue weighted by Gasteiger charge is 2.31. The fourth-order valence-electron chi connectivity index (χ4n) is 10.9. The van der Waals surface area contributed by atoms with Crippen molar-refractivity contribution in [2.45, 2.75) is 70.6 Å². The number of phenolic OH excluding ortho intramolecular Hbond substituents is 1. The number of hydrogen-bond acceptors (Lipinski definition) is 3. The van der Waals surface area contributed by atoms with E-state index in [-0.39, 0.29) is 16.6 Å². The average molecular weight is 910 g/mol. The molecule has 0 saturated heterocycles. The summed E-state index contributed by atoms with van der Waals surface area (Å²) in [5, 5.41) is 11.5. The van der Waals surface area contributed by atoms with Crippen molar-refractivity contribution < 1.29 is 5.11 Å². The molecule has 344 valence electrons. The van der Waals surface area contributed by atoms with E-state index < -0.39 is 0 Å². The van der Waals surface area contributed by atoms with Crippen molar-refractivity contribution in [3.63, 3.8) is 0 Å². The van der Waals surface area contributed by atoms with E-state index >= 15 is 0 Å². The first-order chi connectivity index (χ1) is 34.1. The minimum absolute atomic E-state index is 0.151. The third-order valence-electron chi connectivity index (χ3n) is 14.9. The van der Waals surface area contributed by atoms with Crippen LogP contribution in [0.15, 0.2) is 212 Å². The number of benzene rings is 8. The third kappa shape index (κ3) is 8.53. The van der Waals surface area contributed by atoms with Crippen molar-refractivity contribution in [1.82, 2.24) is 14.5 Å². The van der Waals surface area contributed by atoms with Gasteiger partial charge in [-0.3, -0.25) is 9.55 Å². The molecule has 0 unspecified atom stereocenters. The molecule has 2 heterocycles. The Bertz CT molecular complexity index is 3410. The van der Waals surface area contributed by atoms with Gasteiger partial charge in [-0.1, -0.05) is 198 Å². The van der Waals surface area contributed by atoms with Gasteiger partial charge in [0.2, 0.25) is 0 Å². The van der Waals surface area contributed by atoms with E-state index in [1.807, 2.05) is 24.4 Å². The summed E-state index contributed by atoms with van der Waals surface area (Å²) in [6, 6.07) is 73.7. The van der Waals surface area contributed by atoms with Crippen molar-refractivity contribution in [3.05, 3.63) is 240 Å². The number of phenols is 1. The van der Waals surface area contributed by atoms with Crippen LogP contribution in [-0.2, 0) is 17.3 Å². The van der Waals surface area contributed by atoms with Gasteiger partial charge in [-0.2, -0.15) is 0 Å². The van der Waals surface area contributed by atoms with Crippen LogP contribution in [0.5, 0.6) is 5.75 Å². The minimum Gasteiger partial charge on any atom is -0.507 e. The van der Waals surface area contributed by atoms with Crippen LogP contribution in [0.3, 0.4) is 0 Å². The van der Waals surface area contributed by atoms with Gasteiger partial charge in [0.1, 0.15) is 11.6 Å². The topological polar surface area (TPSA) is 50.9 Å². The zero-order valence-electron chi connectivity index (χ0n) is 40.6. The molecule has 4 heteroatoms. The van der Waals surface area contributed by atoms with E-state index in [2.05, 4.69) is 214 Å². The van der Waals surface area contributed by atoms with Gasteiger partial charge in [0.15, 0.2) is 0 Å². The van der Waals surface area contributed by atoms with E-state index in [4.69, 9.17) is 9.97 Å². The third-order valence-corrected chi connectivity index (χ3v) is 14.9. The maximum atomic E-state index is 11.5. The molecule has 11 rings (SSSR count). The number of aromatic hydroxyl groups is 1. The Balaban J connectivity index is 1.03. The molecule has 0 spiro atoms. The smallest absolute Gasteiger partial charge is 0.149 e. The van der Waals surface area contributed by atoms with Crippen molar-refractivity contribution >= 4 is 11.0 Å². The lowest BCUT2D eigenvalue weighted by molar-refractivity contribution is 0.477.